The number of ether oxygens (including phenoxy) is 1. The zero-order valence-electron chi connectivity index (χ0n) is 14.8. The van der Waals surface area contributed by atoms with Gasteiger partial charge in [0, 0.05) is 25.6 Å². The summed E-state index contributed by atoms with van der Waals surface area (Å²) in [5.74, 6) is 0.502. The summed E-state index contributed by atoms with van der Waals surface area (Å²) in [4.78, 5) is 20.4. The van der Waals surface area contributed by atoms with Crippen LogP contribution in [0, 0.1) is 5.82 Å². The van der Waals surface area contributed by atoms with Crippen LogP contribution in [0.25, 0.3) is 5.82 Å². The zero-order chi connectivity index (χ0) is 18.7. The smallest absolute Gasteiger partial charge is 0.318 e. The first kappa shape index (κ1) is 16.3. The van der Waals surface area contributed by atoms with E-state index in [0.29, 0.717) is 29.5 Å². The second kappa shape index (κ2) is 5.80. The monoisotopic (exact) mass is 368 g/mol. The normalized spacial score (nSPS) is 24.7. The average Bonchev–Trinajstić information content (AvgIpc) is 3.37. The molecule has 1 fully saturated rings. The third kappa shape index (κ3) is 2.35. The molecule has 2 aromatic rings. The molecule has 1 saturated heterocycles. The van der Waals surface area contributed by atoms with Crippen molar-refractivity contribution >= 4 is 23.8 Å². The largest absolute Gasteiger partial charge is 0.378 e. The van der Waals surface area contributed by atoms with Crippen LogP contribution in [0.4, 0.5) is 10.1 Å². The standard InChI is InChI=1S/C18H17FN6O2/c1-10-12(5-6-27-10)14-8-25(22-21-14)16-17-23(2)18(26)13-7-11(19)3-4-15(13)24(17)9-20-16/h3-4,7-10,12H,5-6H2,1-2H3/q+1. The molecule has 8 nitrogen and oxygen atoms in total. The van der Waals surface area contributed by atoms with E-state index in [9.17, 15) is 9.18 Å². The molecular formula is C18H17FN6O2+. The fourth-order valence-corrected chi connectivity index (χ4v) is 3.82. The highest BCUT2D eigenvalue weighted by atomic mass is 19.1. The number of anilines is 1. The summed E-state index contributed by atoms with van der Waals surface area (Å²) in [5.41, 5.74) is 1.73. The Labute approximate surface area is 154 Å². The lowest BCUT2D eigenvalue weighted by Crippen LogP contribution is -2.41. The Morgan fingerprint density at radius 1 is 1.37 bits per heavy atom. The van der Waals surface area contributed by atoms with Crippen molar-refractivity contribution in [3.8, 4) is 0 Å². The van der Waals surface area contributed by atoms with Crippen LogP contribution in [-0.2, 0) is 4.74 Å². The van der Waals surface area contributed by atoms with Crippen molar-refractivity contribution in [1.29, 1.82) is 0 Å². The molecule has 1 amide bonds. The first-order chi connectivity index (χ1) is 13.0. The SMILES string of the molecule is CC1OCCC1c1cn(C2=C3N(C)C(=O)c4cc(F)ccc4[N+]3C=N2)nn1. The number of nitrogens with zero attached hydrogens (tertiary/aromatic N) is 6. The molecule has 137 valence electrons. The highest BCUT2D eigenvalue weighted by Gasteiger charge is 2.47. The maximum atomic E-state index is 13.6. The minimum absolute atomic E-state index is 0.0945. The van der Waals surface area contributed by atoms with Crippen molar-refractivity contribution in [1.82, 2.24) is 24.8 Å². The van der Waals surface area contributed by atoms with E-state index in [1.54, 1.807) is 29.0 Å². The van der Waals surface area contributed by atoms with E-state index < -0.39 is 5.82 Å². The zero-order valence-corrected chi connectivity index (χ0v) is 14.8. The molecule has 0 N–H and O–H groups in total. The van der Waals surface area contributed by atoms with Crippen LogP contribution in [0.1, 0.15) is 35.3 Å². The predicted molar refractivity (Wildman–Crippen MR) is 94.8 cm³/mol. The lowest BCUT2D eigenvalue weighted by molar-refractivity contribution is 0.0814. The van der Waals surface area contributed by atoms with E-state index in [1.807, 2.05) is 13.1 Å². The van der Waals surface area contributed by atoms with Crippen molar-refractivity contribution < 1.29 is 13.9 Å². The van der Waals surface area contributed by atoms with Crippen LogP contribution in [0.5, 0.6) is 0 Å². The first-order valence-corrected chi connectivity index (χ1v) is 8.74. The summed E-state index contributed by atoms with van der Waals surface area (Å²) in [6.45, 7) is 2.74. The summed E-state index contributed by atoms with van der Waals surface area (Å²) in [7, 11) is 1.64. The van der Waals surface area contributed by atoms with E-state index >= 15 is 0 Å². The van der Waals surface area contributed by atoms with Crippen LogP contribution >= 0.6 is 0 Å². The van der Waals surface area contributed by atoms with Crippen LogP contribution in [-0.4, -0.2) is 51.9 Å². The molecule has 3 aliphatic heterocycles. The maximum Gasteiger partial charge on any atom is 0.318 e. The van der Waals surface area contributed by atoms with E-state index in [1.165, 1.54) is 17.0 Å². The van der Waals surface area contributed by atoms with Gasteiger partial charge in [0.05, 0.1) is 18.0 Å². The Kier molecular flexibility index (Phi) is 3.49. The van der Waals surface area contributed by atoms with E-state index in [4.69, 9.17) is 4.74 Å². The molecular weight excluding hydrogens is 351 g/mol. The topological polar surface area (TPSA) is 78.5 Å². The molecule has 27 heavy (non-hydrogen) atoms. The van der Waals surface area contributed by atoms with Gasteiger partial charge in [-0.15, -0.1) is 5.10 Å². The molecule has 5 rings (SSSR count). The molecule has 1 aromatic heterocycles. The third-order valence-electron chi connectivity index (χ3n) is 5.28. The van der Waals surface area contributed by atoms with Crippen molar-refractivity contribution in [2.45, 2.75) is 25.4 Å². The number of carbonyl (C=O) groups is 1. The predicted octanol–water partition coefficient (Wildman–Crippen LogP) is 1.99. The fraction of sp³-hybridized carbons (Fsp3) is 0.333. The van der Waals surface area contributed by atoms with Gasteiger partial charge in [-0.25, -0.2) is 4.39 Å². The van der Waals surface area contributed by atoms with Gasteiger partial charge in [0.1, 0.15) is 11.4 Å². The van der Waals surface area contributed by atoms with Gasteiger partial charge in [0.2, 0.25) is 11.5 Å². The third-order valence-corrected chi connectivity index (χ3v) is 5.28. The van der Waals surface area contributed by atoms with Gasteiger partial charge in [0.15, 0.2) is 0 Å². The van der Waals surface area contributed by atoms with Gasteiger partial charge in [-0.05, 0) is 30.4 Å². The molecule has 4 heterocycles. The Hall–Kier alpha value is -2.91. The van der Waals surface area contributed by atoms with Crippen molar-refractivity contribution in [3.63, 3.8) is 0 Å². The highest BCUT2D eigenvalue weighted by Crippen LogP contribution is 2.37. The molecule has 2 unspecified atom stereocenters. The van der Waals surface area contributed by atoms with Crippen LogP contribution in [0.3, 0.4) is 0 Å². The van der Waals surface area contributed by atoms with Gasteiger partial charge >= 0.3 is 5.82 Å². The van der Waals surface area contributed by atoms with Crippen LogP contribution in [0.2, 0.25) is 0 Å². The van der Waals surface area contributed by atoms with Crippen LogP contribution in [0.15, 0.2) is 35.2 Å². The first-order valence-electron chi connectivity index (χ1n) is 8.74. The van der Waals surface area contributed by atoms with Crippen molar-refractivity contribution in [3.05, 3.63) is 47.3 Å². The molecule has 1 aromatic carbocycles. The lowest BCUT2D eigenvalue weighted by Gasteiger charge is -2.23. The highest BCUT2D eigenvalue weighted by molar-refractivity contribution is 6.06. The minimum atomic E-state index is -0.451. The lowest BCUT2D eigenvalue weighted by atomic mass is 10.00. The number of carbonyl (C=O) groups excluding carboxylic acids is 1. The van der Waals surface area contributed by atoms with Gasteiger partial charge in [-0.1, -0.05) is 5.21 Å². The van der Waals surface area contributed by atoms with Gasteiger partial charge in [0.25, 0.3) is 12.2 Å². The van der Waals surface area contributed by atoms with E-state index in [2.05, 4.69) is 15.3 Å². The number of hydrogen-bond donors (Lipinski definition) is 0. The average molecular weight is 368 g/mol. The molecule has 2 atom stereocenters. The molecule has 1 radical (unpaired) electrons. The van der Waals surface area contributed by atoms with Gasteiger partial charge < -0.3 is 4.74 Å². The van der Waals surface area contributed by atoms with E-state index in [-0.39, 0.29) is 17.9 Å². The van der Waals surface area contributed by atoms with Crippen molar-refractivity contribution in [2.24, 2.45) is 4.99 Å². The Bertz CT molecular complexity index is 1010. The molecule has 0 aliphatic carbocycles. The number of aromatic nitrogens is 3. The number of halogens is 1. The Morgan fingerprint density at radius 3 is 3.00 bits per heavy atom. The quantitative estimate of drug-likeness (QED) is 0.760. The van der Waals surface area contributed by atoms with Gasteiger partial charge in [-0.2, -0.15) is 9.67 Å². The number of fused-ring (bicyclic) bond motifs is 3. The fourth-order valence-electron chi connectivity index (χ4n) is 3.82. The number of benzene rings is 1. The second-order valence-corrected chi connectivity index (χ2v) is 6.85. The summed E-state index contributed by atoms with van der Waals surface area (Å²) >= 11 is 0. The molecule has 9 heteroatoms. The summed E-state index contributed by atoms with van der Waals surface area (Å²) in [6, 6.07) is 4.15. The maximum absolute atomic E-state index is 13.6. The summed E-state index contributed by atoms with van der Waals surface area (Å²) < 4.78 is 20.8. The Morgan fingerprint density at radius 2 is 2.22 bits per heavy atom. The molecule has 0 bridgehead atoms. The minimum Gasteiger partial charge on any atom is -0.378 e. The summed E-state index contributed by atoms with van der Waals surface area (Å²) in [5, 5.41) is 8.50. The van der Waals surface area contributed by atoms with Crippen molar-refractivity contribution in [2.75, 3.05) is 13.7 Å². The number of amides is 1. The van der Waals surface area contributed by atoms with Crippen LogP contribution < -0.4 is 4.90 Å². The number of aliphatic imine (C=N–C) groups is 1. The summed E-state index contributed by atoms with van der Waals surface area (Å²) in [6.07, 6.45) is 4.43. The van der Waals surface area contributed by atoms with Gasteiger partial charge in [-0.3, -0.25) is 9.69 Å². The molecule has 0 spiro atoms. The number of rotatable bonds is 2. The Balaban J connectivity index is 1.58. The van der Waals surface area contributed by atoms with E-state index in [0.717, 1.165) is 12.1 Å². The number of hydrogen-bond acceptors (Lipinski definition) is 6. The molecule has 3 aliphatic rings. The second-order valence-electron chi connectivity index (χ2n) is 6.85. The molecule has 0 saturated carbocycles.